The third kappa shape index (κ3) is 2.56. The lowest BCUT2D eigenvalue weighted by molar-refractivity contribution is -0.145. The summed E-state index contributed by atoms with van der Waals surface area (Å²) in [6.07, 6.45) is 4.79. The smallest absolute Gasteiger partial charge is 0.329 e. The zero-order valence-corrected chi connectivity index (χ0v) is 10.1. The normalized spacial score (nSPS) is 27.1. The number of carbonyl (C=O) groups is 1. The monoisotopic (exact) mass is 231 g/mol. The molecule has 0 spiro atoms. The van der Waals surface area contributed by atoms with Crippen LogP contribution >= 0.6 is 0 Å². The molecule has 0 aliphatic carbocycles. The van der Waals surface area contributed by atoms with E-state index in [4.69, 9.17) is 4.74 Å². The molecule has 1 aliphatic heterocycles. The van der Waals surface area contributed by atoms with Crippen molar-refractivity contribution in [2.24, 2.45) is 0 Å². The largest absolute Gasteiger partial charge is 0.467 e. The Hall–Kier alpha value is -1.61. The number of hydrogen-bond acceptors (Lipinski definition) is 3. The zero-order valence-electron chi connectivity index (χ0n) is 10.1. The van der Waals surface area contributed by atoms with Gasteiger partial charge in [0.15, 0.2) is 0 Å². The molecule has 0 unspecified atom stereocenters. The van der Waals surface area contributed by atoms with Gasteiger partial charge in [0.1, 0.15) is 5.54 Å². The van der Waals surface area contributed by atoms with E-state index in [1.165, 1.54) is 12.7 Å². The maximum atomic E-state index is 11.6. The summed E-state index contributed by atoms with van der Waals surface area (Å²) >= 11 is 0. The highest BCUT2D eigenvalue weighted by molar-refractivity contribution is 5.83. The molecule has 2 atom stereocenters. The quantitative estimate of drug-likeness (QED) is 0.635. The summed E-state index contributed by atoms with van der Waals surface area (Å²) in [5.41, 5.74) is 0.567. The van der Waals surface area contributed by atoms with Gasteiger partial charge in [-0.2, -0.15) is 0 Å². The second-order valence-electron chi connectivity index (χ2n) is 4.49. The van der Waals surface area contributed by atoms with E-state index < -0.39 is 5.54 Å². The van der Waals surface area contributed by atoms with E-state index in [2.05, 4.69) is 17.4 Å². The molecular weight excluding hydrogens is 214 g/mol. The van der Waals surface area contributed by atoms with Gasteiger partial charge in [-0.25, -0.2) is 4.79 Å². The molecule has 1 aromatic carbocycles. The van der Waals surface area contributed by atoms with E-state index in [0.717, 1.165) is 6.42 Å². The molecule has 0 fully saturated rings. The van der Waals surface area contributed by atoms with Crippen LogP contribution in [0.2, 0.25) is 0 Å². The lowest BCUT2D eigenvalue weighted by atomic mass is 10.1. The van der Waals surface area contributed by atoms with Crippen LogP contribution in [0.4, 0.5) is 0 Å². The van der Waals surface area contributed by atoms with Crippen molar-refractivity contribution in [1.29, 1.82) is 0 Å². The number of nitrogens with one attached hydrogen (secondary N) is 1. The SMILES string of the molecule is COC(=O)[C@]1(C)C=C[C@H](Cc2ccccc2)N1. The number of hydrogen-bond donors (Lipinski definition) is 1. The molecule has 90 valence electrons. The number of ether oxygens (including phenoxy) is 1. The molecule has 1 aliphatic rings. The molecule has 17 heavy (non-hydrogen) atoms. The first kappa shape index (κ1) is 11.9. The lowest BCUT2D eigenvalue weighted by Gasteiger charge is -2.22. The van der Waals surface area contributed by atoms with Crippen LogP contribution in [0.5, 0.6) is 0 Å². The summed E-state index contributed by atoms with van der Waals surface area (Å²) in [7, 11) is 1.41. The van der Waals surface area contributed by atoms with Crippen LogP contribution in [0, 0.1) is 0 Å². The van der Waals surface area contributed by atoms with E-state index in [0.29, 0.717) is 0 Å². The number of methoxy groups -OCH3 is 1. The fourth-order valence-corrected chi connectivity index (χ4v) is 2.12. The molecule has 3 nitrogen and oxygen atoms in total. The van der Waals surface area contributed by atoms with Gasteiger partial charge in [-0.3, -0.25) is 5.32 Å². The molecule has 0 bridgehead atoms. The van der Waals surface area contributed by atoms with Gasteiger partial charge < -0.3 is 4.74 Å². The van der Waals surface area contributed by atoms with Crippen LogP contribution in [0.1, 0.15) is 12.5 Å². The first-order chi connectivity index (χ1) is 8.14. The van der Waals surface area contributed by atoms with Crippen molar-refractivity contribution < 1.29 is 9.53 Å². The highest BCUT2D eigenvalue weighted by Crippen LogP contribution is 2.19. The van der Waals surface area contributed by atoms with Gasteiger partial charge in [-0.1, -0.05) is 42.5 Å². The van der Waals surface area contributed by atoms with Gasteiger partial charge in [-0.15, -0.1) is 0 Å². The third-order valence-electron chi connectivity index (χ3n) is 3.05. The summed E-state index contributed by atoms with van der Waals surface area (Å²) in [6, 6.07) is 10.4. The summed E-state index contributed by atoms with van der Waals surface area (Å²) in [5, 5.41) is 3.28. The van der Waals surface area contributed by atoms with Crippen LogP contribution in [-0.4, -0.2) is 24.7 Å². The second kappa shape index (κ2) is 4.72. The molecule has 0 amide bonds. The Balaban J connectivity index is 2.00. The zero-order chi connectivity index (χ0) is 12.3. The molecule has 1 N–H and O–H groups in total. The van der Waals surface area contributed by atoms with Crippen LogP contribution in [0.3, 0.4) is 0 Å². The van der Waals surface area contributed by atoms with Gasteiger partial charge in [0.05, 0.1) is 7.11 Å². The average molecular weight is 231 g/mol. The summed E-state index contributed by atoms with van der Waals surface area (Å²) < 4.78 is 4.78. The van der Waals surface area contributed by atoms with Crippen LogP contribution in [-0.2, 0) is 16.0 Å². The van der Waals surface area contributed by atoms with Crippen LogP contribution < -0.4 is 5.32 Å². The Labute approximate surface area is 101 Å². The second-order valence-corrected chi connectivity index (χ2v) is 4.49. The van der Waals surface area contributed by atoms with Crippen molar-refractivity contribution in [2.45, 2.75) is 24.9 Å². The Morgan fingerprint density at radius 1 is 1.41 bits per heavy atom. The molecule has 2 rings (SSSR count). The predicted octanol–water partition coefficient (Wildman–Crippen LogP) is 1.69. The third-order valence-corrected chi connectivity index (χ3v) is 3.05. The molecule has 0 aromatic heterocycles. The average Bonchev–Trinajstić information content (AvgIpc) is 2.72. The maximum Gasteiger partial charge on any atom is 0.329 e. The number of esters is 1. The van der Waals surface area contributed by atoms with Crippen molar-refractivity contribution in [3.05, 3.63) is 48.0 Å². The highest BCUT2D eigenvalue weighted by Gasteiger charge is 2.37. The number of benzene rings is 1. The van der Waals surface area contributed by atoms with Gasteiger partial charge in [0.2, 0.25) is 0 Å². The van der Waals surface area contributed by atoms with Crippen molar-refractivity contribution in [2.75, 3.05) is 7.11 Å². The van der Waals surface area contributed by atoms with Gasteiger partial charge in [0.25, 0.3) is 0 Å². The van der Waals surface area contributed by atoms with E-state index in [1.54, 1.807) is 0 Å². The van der Waals surface area contributed by atoms with Gasteiger partial charge in [0, 0.05) is 6.04 Å². The van der Waals surface area contributed by atoms with Gasteiger partial charge >= 0.3 is 5.97 Å². The Bertz CT molecular complexity index is 427. The lowest BCUT2D eigenvalue weighted by Crippen LogP contribution is -2.48. The van der Waals surface area contributed by atoms with E-state index in [1.807, 2.05) is 37.3 Å². The molecule has 1 aromatic rings. The predicted molar refractivity (Wildman–Crippen MR) is 66.6 cm³/mol. The minimum Gasteiger partial charge on any atom is -0.467 e. The molecule has 3 heteroatoms. The van der Waals surface area contributed by atoms with Crippen molar-refractivity contribution >= 4 is 5.97 Å². The maximum absolute atomic E-state index is 11.6. The Morgan fingerprint density at radius 3 is 2.76 bits per heavy atom. The number of rotatable bonds is 3. The number of carbonyl (C=O) groups excluding carboxylic acids is 1. The van der Waals surface area contributed by atoms with Crippen LogP contribution in [0.15, 0.2) is 42.5 Å². The summed E-state index contributed by atoms with van der Waals surface area (Å²) in [5.74, 6) is -0.246. The minimum atomic E-state index is -0.686. The minimum absolute atomic E-state index is 0.182. The standard InChI is InChI=1S/C14H17NO2/c1-14(13(16)17-2)9-8-12(15-14)10-11-6-4-3-5-7-11/h3-9,12,15H,10H2,1-2H3/t12-,14+/m1/s1. The Morgan fingerprint density at radius 2 is 2.12 bits per heavy atom. The first-order valence-electron chi connectivity index (χ1n) is 5.73. The fraction of sp³-hybridized carbons (Fsp3) is 0.357. The van der Waals surface area contributed by atoms with E-state index in [9.17, 15) is 4.79 Å². The molecule has 0 saturated carbocycles. The van der Waals surface area contributed by atoms with Gasteiger partial charge in [-0.05, 0) is 18.9 Å². The van der Waals surface area contributed by atoms with Crippen LogP contribution in [0.25, 0.3) is 0 Å². The molecule has 0 saturated heterocycles. The van der Waals surface area contributed by atoms with E-state index >= 15 is 0 Å². The summed E-state index contributed by atoms with van der Waals surface area (Å²) in [4.78, 5) is 11.6. The molecule has 0 radical (unpaired) electrons. The fourth-order valence-electron chi connectivity index (χ4n) is 2.12. The summed E-state index contributed by atoms with van der Waals surface area (Å²) in [6.45, 7) is 1.83. The Kier molecular flexibility index (Phi) is 3.29. The molecule has 1 heterocycles. The van der Waals surface area contributed by atoms with Crippen molar-refractivity contribution in [3.8, 4) is 0 Å². The van der Waals surface area contributed by atoms with Crippen molar-refractivity contribution in [1.82, 2.24) is 5.32 Å². The topological polar surface area (TPSA) is 38.3 Å². The van der Waals surface area contributed by atoms with E-state index in [-0.39, 0.29) is 12.0 Å². The molecular formula is C14H17NO2. The van der Waals surface area contributed by atoms with Crippen molar-refractivity contribution in [3.63, 3.8) is 0 Å². The first-order valence-corrected chi connectivity index (χ1v) is 5.73. The highest BCUT2D eigenvalue weighted by atomic mass is 16.5.